The summed E-state index contributed by atoms with van der Waals surface area (Å²) in [4.78, 5) is 10.8. The van der Waals surface area contributed by atoms with Gasteiger partial charge < -0.3 is 9.52 Å². The number of hydrogen-bond donors (Lipinski definition) is 1. The topological polar surface area (TPSA) is 50.4 Å². The number of rotatable bonds is 2. The molecule has 76 valence electrons. The molecule has 2 rings (SSSR count). The number of furan rings is 1. The predicted molar refractivity (Wildman–Crippen MR) is 55.8 cm³/mol. The zero-order valence-corrected chi connectivity index (χ0v) is 8.23. The first-order valence-corrected chi connectivity index (χ1v) is 4.57. The maximum Gasteiger partial charge on any atom is 0.335 e. The van der Waals surface area contributed by atoms with Gasteiger partial charge in [-0.1, -0.05) is 12.1 Å². The monoisotopic (exact) mass is 202 g/mol. The number of aromatic carboxylic acids is 1. The molecule has 2 aromatic rings. The standard InChI is InChI=1S/C12H10O3/c1-8-5-6-11(15-8)9-3-2-4-10(7-9)12(13)14/h2-7H,1H3,(H,13,14). The van der Waals surface area contributed by atoms with Gasteiger partial charge >= 0.3 is 5.97 Å². The molecule has 1 heterocycles. The fourth-order valence-corrected chi connectivity index (χ4v) is 1.40. The van der Waals surface area contributed by atoms with E-state index in [1.165, 1.54) is 0 Å². The Morgan fingerprint density at radius 1 is 1.27 bits per heavy atom. The Bertz CT molecular complexity index is 497. The Morgan fingerprint density at radius 2 is 2.07 bits per heavy atom. The minimum Gasteiger partial charge on any atom is -0.478 e. The average Bonchev–Trinajstić information content (AvgIpc) is 2.65. The summed E-state index contributed by atoms with van der Waals surface area (Å²) in [6.45, 7) is 1.85. The highest BCUT2D eigenvalue weighted by molar-refractivity contribution is 5.89. The molecular formula is C12H10O3. The third kappa shape index (κ3) is 1.91. The Labute approximate surface area is 87.0 Å². The van der Waals surface area contributed by atoms with Gasteiger partial charge in [0.05, 0.1) is 5.56 Å². The van der Waals surface area contributed by atoms with Crippen LogP contribution in [0.25, 0.3) is 11.3 Å². The van der Waals surface area contributed by atoms with Crippen LogP contribution in [0.5, 0.6) is 0 Å². The fourth-order valence-electron chi connectivity index (χ4n) is 1.40. The predicted octanol–water partition coefficient (Wildman–Crippen LogP) is 2.95. The van der Waals surface area contributed by atoms with Gasteiger partial charge in [0.25, 0.3) is 0 Å². The first-order valence-electron chi connectivity index (χ1n) is 4.57. The summed E-state index contributed by atoms with van der Waals surface area (Å²) >= 11 is 0. The summed E-state index contributed by atoms with van der Waals surface area (Å²) < 4.78 is 5.41. The minimum absolute atomic E-state index is 0.265. The zero-order chi connectivity index (χ0) is 10.8. The van der Waals surface area contributed by atoms with Gasteiger partial charge in [-0.25, -0.2) is 4.79 Å². The van der Waals surface area contributed by atoms with E-state index in [1.54, 1.807) is 18.2 Å². The van der Waals surface area contributed by atoms with Gasteiger partial charge in [-0.15, -0.1) is 0 Å². The summed E-state index contributed by atoms with van der Waals surface area (Å²) in [5.74, 6) is 0.571. The van der Waals surface area contributed by atoms with Crippen molar-refractivity contribution in [3.05, 3.63) is 47.7 Å². The van der Waals surface area contributed by atoms with Crippen LogP contribution < -0.4 is 0 Å². The molecule has 0 saturated heterocycles. The quantitative estimate of drug-likeness (QED) is 0.814. The van der Waals surface area contributed by atoms with Gasteiger partial charge in [0, 0.05) is 5.56 Å². The lowest BCUT2D eigenvalue weighted by atomic mass is 10.1. The van der Waals surface area contributed by atoms with Crippen molar-refractivity contribution in [2.75, 3.05) is 0 Å². The van der Waals surface area contributed by atoms with Crippen molar-refractivity contribution in [3.8, 4) is 11.3 Å². The van der Waals surface area contributed by atoms with Crippen LogP contribution >= 0.6 is 0 Å². The maximum atomic E-state index is 10.8. The molecule has 1 aromatic heterocycles. The molecule has 3 nitrogen and oxygen atoms in total. The molecule has 0 amide bonds. The highest BCUT2D eigenvalue weighted by Gasteiger charge is 2.06. The van der Waals surface area contributed by atoms with Crippen LogP contribution in [-0.4, -0.2) is 11.1 Å². The third-order valence-electron chi connectivity index (χ3n) is 2.13. The van der Waals surface area contributed by atoms with Gasteiger partial charge in [-0.3, -0.25) is 0 Å². The second kappa shape index (κ2) is 3.61. The van der Waals surface area contributed by atoms with Crippen LogP contribution in [0.4, 0.5) is 0 Å². The van der Waals surface area contributed by atoms with Crippen LogP contribution in [0, 0.1) is 6.92 Å². The van der Waals surface area contributed by atoms with Crippen LogP contribution in [0.15, 0.2) is 40.8 Å². The second-order valence-corrected chi connectivity index (χ2v) is 3.30. The van der Waals surface area contributed by atoms with Crippen molar-refractivity contribution in [3.63, 3.8) is 0 Å². The second-order valence-electron chi connectivity index (χ2n) is 3.30. The molecule has 0 bridgehead atoms. The molecular weight excluding hydrogens is 192 g/mol. The molecule has 0 radical (unpaired) electrons. The van der Waals surface area contributed by atoms with E-state index in [0.29, 0.717) is 5.76 Å². The lowest BCUT2D eigenvalue weighted by Crippen LogP contribution is -1.95. The lowest BCUT2D eigenvalue weighted by molar-refractivity contribution is 0.0697. The van der Waals surface area contributed by atoms with Gasteiger partial charge in [0.1, 0.15) is 11.5 Å². The molecule has 0 aliphatic rings. The van der Waals surface area contributed by atoms with Crippen molar-refractivity contribution in [1.82, 2.24) is 0 Å². The number of benzene rings is 1. The van der Waals surface area contributed by atoms with Crippen molar-refractivity contribution >= 4 is 5.97 Å². The lowest BCUT2D eigenvalue weighted by Gasteiger charge is -1.98. The molecule has 3 heteroatoms. The number of aryl methyl sites for hydroxylation is 1. The summed E-state index contributed by atoms with van der Waals surface area (Å²) in [6, 6.07) is 10.4. The molecule has 0 unspecified atom stereocenters. The first-order chi connectivity index (χ1) is 7.16. The van der Waals surface area contributed by atoms with E-state index in [1.807, 2.05) is 25.1 Å². The highest BCUT2D eigenvalue weighted by atomic mass is 16.4. The average molecular weight is 202 g/mol. The highest BCUT2D eigenvalue weighted by Crippen LogP contribution is 2.22. The van der Waals surface area contributed by atoms with Crippen LogP contribution in [0.2, 0.25) is 0 Å². The van der Waals surface area contributed by atoms with Crippen molar-refractivity contribution in [2.24, 2.45) is 0 Å². The van der Waals surface area contributed by atoms with E-state index in [2.05, 4.69) is 0 Å². The number of carbonyl (C=O) groups is 1. The molecule has 1 aromatic carbocycles. The molecule has 0 fully saturated rings. The summed E-state index contributed by atoms with van der Waals surface area (Å²) in [5, 5.41) is 8.83. The third-order valence-corrected chi connectivity index (χ3v) is 2.13. The molecule has 0 aliphatic carbocycles. The summed E-state index contributed by atoms with van der Waals surface area (Å²) in [5.41, 5.74) is 1.05. The Hall–Kier alpha value is -2.03. The minimum atomic E-state index is -0.930. The zero-order valence-electron chi connectivity index (χ0n) is 8.23. The van der Waals surface area contributed by atoms with Crippen molar-refractivity contribution in [1.29, 1.82) is 0 Å². The van der Waals surface area contributed by atoms with Gasteiger partial charge in [-0.05, 0) is 31.2 Å². The number of hydrogen-bond acceptors (Lipinski definition) is 2. The normalized spacial score (nSPS) is 10.2. The van der Waals surface area contributed by atoms with Gasteiger partial charge in [-0.2, -0.15) is 0 Å². The molecule has 0 aliphatic heterocycles. The molecule has 0 saturated carbocycles. The largest absolute Gasteiger partial charge is 0.478 e. The van der Waals surface area contributed by atoms with Crippen LogP contribution in [0.3, 0.4) is 0 Å². The Balaban J connectivity index is 2.45. The van der Waals surface area contributed by atoms with E-state index in [9.17, 15) is 4.79 Å². The van der Waals surface area contributed by atoms with Gasteiger partial charge in [0.2, 0.25) is 0 Å². The Kier molecular flexibility index (Phi) is 2.29. The number of carboxylic acid groups (broad SMARTS) is 1. The molecule has 0 atom stereocenters. The van der Waals surface area contributed by atoms with E-state index < -0.39 is 5.97 Å². The number of carboxylic acids is 1. The summed E-state index contributed by atoms with van der Waals surface area (Å²) in [7, 11) is 0. The first kappa shape index (κ1) is 9.52. The van der Waals surface area contributed by atoms with E-state index in [4.69, 9.17) is 9.52 Å². The van der Waals surface area contributed by atoms with Crippen molar-refractivity contribution in [2.45, 2.75) is 6.92 Å². The Morgan fingerprint density at radius 3 is 2.67 bits per heavy atom. The maximum absolute atomic E-state index is 10.8. The van der Waals surface area contributed by atoms with Crippen molar-refractivity contribution < 1.29 is 14.3 Å². The smallest absolute Gasteiger partial charge is 0.335 e. The van der Waals surface area contributed by atoms with E-state index >= 15 is 0 Å². The van der Waals surface area contributed by atoms with E-state index in [-0.39, 0.29) is 5.56 Å². The molecule has 0 spiro atoms. The summed E-state index contributed by atoms with van der Waals surface area (Å²) in [6.07, 6.45) is 0. The van der Waals surface area contributed by atoms with Crippen LogP contribution in [0.1, 0.15) is 16.1 Å². The SMILES string of the molecule is Cc1ccc(-c2cccc(C(=O)O)c2)o1. The van der Waals surface area contributed by atoms with Crippen LogP contribution in [-0.2, 0) is 0 Å². The molecule has 1 N–H and O–H groups in total. The fraction of sp³-hybridized carbons (Fsp3) is 0.0833. The molecule has 15 heavy (non-hydrogen) atoms. The van der Waals surface area contributed by atoms with Gasteiger partial charge in [0.15, 0.2) is 0 Å². The van der Waals surface area contributed by atoms with E-state index in [0.717, 1.165) is 11.3 Å².